The number of para-hydroxylation sites is 1. The predicted molar refractivity (Wildman–Crippen MR) is 103 cm³/mol. The summed E-state index contributed by atoms with van der Waals surface area (Å²) in [7, 11) is 4.11. The maximum atomic E-state index is 5.96. The maximum absolute atomic E-state index is 5.96. The highest BCUT2D eigenvalue weighted by Gasteiger charge is 2.09. The van der Waals surface area contributed by atoms with Crippen LogP contribution in [-0.4, -0.2) is 29.1 Å². The summed E-state index contributed by atoms with van der Waals surface area (Å²) in [6.07, 6.45) is 1.47. The molecule has 0 aliphatic rings. The Balaban J connectivity index is 0.00000225. The van der Waals surface area contributed by atoms with Gasteiger partial charge in [0.1, 0.15) is 0 Å². The topological polar surface area (TPSA) is 68.2 Å². The highest BCUT2D eigenvalue weighted by molar-refractivity contribution is 5.85. The van der Waals surface area contributed by atoms with Crippen LogP contribution in [0.15, 0.2) is 53.1 Å². The Morgan fingerprint density at radius 2 is 1.72 bits per heavy atom. The van der Waals surface area contributed by atoms with Crippen LogP contribution in [0, 0.1) is 0 Å². The van der Waals surface area contributed by atoms with Crippen LogP contribution in [0.5, 0.6) is 0 Å². The first-order valence-electron chi connectivity index (χ1n) is 8.02. The summed E-state index contributed by atoms with van der Waals surface area (Å²) < 4.78 is 5.37. The van der Waals surface area contributed by atoms with E-state index in [1.165, 1.54) is 5.56 Å². The highest BCUT2D eigenvalue weighted by atomic mass is 35.5. The number of aryl methyl sites for hydroxylation is 2. The number of hydrogen-bond acceptors (Lipinski definition) is 5. The molecule has 3 aromatic rings. The lowest BCUT2D eigenvalue weighted by Gasteiger charge is -2.09. The summed E-state index contributed by atoms with van der Waals surface area (Å²) in [5.41, 5.74) is 10.1. The van der Waals surface area contributed by atoms with Crippen molar-refractivity contribution in [3.8, 4) is 11.4 Å². The van der Waals surface area contributed by atoms with Gasteiger partial charge in [0.25, 0.3) is 0 Å². The molecule has 0 spiro atoms. The molecule has 25 heavy (non-hydrogen) atoms. The standard InChI is InChI=1S/C19H22N4O.ClH/c1-23(2)13-14-7-9-16(10-8-14)19-21-18(24-22-19)12-11-15-5-3-4-6-17(15)20;/h3-10H,11-13,20H2,1-2H3;1H. The van der Waals surface area contributed by atoms with Crippen LogP contribution in [0.2, 0.25) is 0 Å². The fraction of sp³-hybridized carbons (Fsp3) is 0.263. The van der Waals surface area contributed by atoms with E-state index in [2.05, 4.69) is 41.3 Å². The Hall–Kier alpha value is -2.37. The Kier molecular flexibility index (Phi) is 6.56. The SMILES string of the molecule is CN(C)Cc1ccc(-c2noc(CCc3ccccc3N)n2)cc1.Cl. The van der Waals surface area contributed by atoms with E-state index in [0.29, 0.717) is 18.1 Å². The van der Waals surface area contributed by atoms with Crippen molar-refractivity contribution in [3.63, 3.8) is 0 Å². The summed E-state index contributed by atoms with van der Waals surface area (Å²) in [5.74, 6) is 1.26. The van der Waals surface area contributed by atoms with Gasteiger partial charge in [-0.3, -0.25) is 0 Å². The Labute approximate surface area is 154 Å². The van der Waals surface area contributed by atoms with Gasteiger partial charge in [0.05, 0.1) is 0 Å². The molecule has 0 bridgehead atoms. The Bertz CT molecular complexity index is 799. The van der Waals surface area contributed by atoms with Crippen molar-refractivity contribution in [1.29, 1.82) is 0 Å². The third-order valence-electron chi connectivity index (χ3n) is 3.84. The van der Waals surface area contributed by atoms with Gasteiger partial charge in [-0.15, -0.1) is 12.4 Å². The predicted octanol–water partition coefficient (Wildman–Crippen LogP) is 3.59. The molecule has 0 radical (unpaired) electrons. The summed E-state index contributed by atoms with van der Waals surface area (Å²) in [6, 6.07) is 16.1. The Morgan fingerprint density at radius 3 is 2.40 bits per heavy atom. The van der Waals surface area contributed by atoms with Crippen LogP contribution >= 0.6 is 12.4 Å². The number of halogens is 1. The number of anilines is 1. The zero-order valence-corrected chi connectivity index (χ0v) is 15.3. The van der Waals surface area contributed by atoms with Crippen LogP contribution in [0.1, 0.15) is 17.0 Å². The number of aromatic nitrogens is 2. The molecule has 0 aliphatic carbocycles. The van der Waals surface area contributed by atoms with Crippen molar-refractivity contribution >= 4 is 18.1 Å². The van der Waals surface area contributed by atoms with Gasteiger partial charge >= 0.3 is 0 Å². The molecule has 0 fully saturated rings. The van der Waals surface area contributed by atoms with E-state index in [1.807, 2.05) is 36.4 Å². The van der Waals surface area contributed by atoms with Crippen molar-refractivity contribution in [2.24, 2.45) is 0 Å². The quantitative estimate of drug-likeness (QED) is 0.682. The van der Waals surface area contributed by atoms with Crippen LogP contribution in [0.3, 0.4) is 0 Å². The van der Waals surface area contributed by atoms with Crippen molar-refractivity contribution in [2.75, 3.05) is 19.8 Å². The molecule has 1 heterocycles. The van der Waals surface area contributed by atoms with Crippen LogP contribution in [0.25, 0.3) is 11.4 Å². The third-order valence-corrected chi connectivity index (χ3v) is 3.84. The molecule has 0 saturated heterocycles. The summed E-state index contributed by atoms with van der Waals surface area (Å²) in [4.78, 5) is 6.62. The minimum atomic E-state index is 0. The zero-order valence-electron chi connectivity index (χ0n) is 14.5. The minimum Gasteiger partial charge on any atom is -0.399 e. The molecule has 5 nitrogen and oxygen atoms in total. The van der Waals surface area contributed by atoms with Crippen molar-refractivity contribution in [2.45, 2.75) is 19.4 Å². The van der Waals surface area contributed by atoms with Crippen LogP contribution in [-0.2, 0) is 19.4 Å². The molecule has 132 valence electrons. The number of nitrogen functional groups attached to an aromatic ring is 1. The molecule has 2 aromatic carbocycles. The average molecular weight is 359 g/mol. The third kappa shape index (κ3) is 5.05. The summed E-state index contributed by atoms with van der Waals surface area (Å²) in [6.45, 7) is 0.913. The molecule has 0 aliphatic heterocycles. The number of rotatable bonds is 6. The van der Waals surface area contributed by atoms with E-state index in [-0.39, 0.29) is 12.4 Å². The van der Waals surface area contributed by atoms with Crippen LogP contribution in [0.4, 0.5) is 5.69 Å². The second-order valence-corrected chi connectivity index (χ2v) is 6.15. The largest absolute Gasteiger partial charge is 0.399 e. The lowest BCUT2D eigenvalue weighted by atomic mass is 10.1. The fourth-order valence-corrected chi connectivity index (χ4v) is 2.60. The van der Waals surface area contributed by atoms with Gasteiger partial charge < -0.3 is 15.2 Å². The highest BCUT2D eigenvalue weighted by Crippen LogP contribution is 2.19. The zero-order chi connectivity index (χ0) is 16.9. The fourth-order valence-electron chi connectivity index (χ4n) is 2.60. The van der Waals surface area contributed by atoms with Gasteiger partial charge in [0, 0.05) is 24.2 Å². The summed E-state index contributed by atoms with van der Waals surface area (Å²) >= 11 is 0. The molecule has 0 amide bonds. The van der Waals surface area contributed by atoms with Gasteiger partial charge in [0.2, 0.25) is 11.7 Å². The number of nitrogens with two attached hydrogens (primary N) is 1. The molecule has 0 saturated carbocycles. The molecule has 1 aromatic heterocycles. The molecule has 0 atom stereocenters. The number of benzene rings is 2. The van der Waals surface area contributed by atoms with Crippen LogP contribution < -0.4 is 5.73 Å². The van der Waals surface area contributed by atoms with Gasteiger partial charge in [-0.2, -0.15) is 4.98 Å². The molecular formula is C19H23ClN4O. The normalized spacial score (nSPS) is 10.7. The van der Waals surface area contributed by atoms with E-state index in [9.17, 15) is 0 Å². The molecule has 6 heteroatoms. The van der Waals surface area contributed by atoms with Crippen molar-refractivity contribution in [3.05, 3.63) is 65.5 Å². The van der Waals surface area contributed by atoms with E-state index in [0.717, 1.165) is 29.8 Å². The number of hydrogen-bond donors (Lipinski definition) is 1. The molecule has 0 unspecified atom stereocenters. The van der Waals surface area contributed by atoms with E-state index in [1.54, 1.807) is 0 Å². The minimum absolute atomic E-state index is 0. The second kappa shape index (κ2) is 8.65. The lowest BCUT2D eigenvalue weighted by molar-refractivity contribution is 0.379. The Morgan fingerprint density at radius 1 is 1.00 bits per heavy atom. The van der Waals surface area contributed by atoms with E-state index in [4.69, 9.17) is 10.3 Å². The second-order valence-electron chi connectivity index (χ2n) is 6.15. The van der Waals surface area contributed by atoms with Gasteiger partial charge in [0.15, 0.2) is 0 Å². The first-order chi connectivity index (χ1) is 11.6. The smallest absolute Gasteiger partial charge is 0.227 e. The lowest BCUT2D eigenvalue weighted by Crippen LogP contribution is -2.10. The van der Waals surface area contributed by atoms with E-state index < -0.39 is 0 Å². The molecule has 2 N–H and O–H groups in total. The molecule has 3 rings (SSSR count). The van der Waals surface area contributed by atoms with E-state index >= 15 is 0 Å². The van der Waals surface area contributed by atoms with Crippen molar-refractivity contribution < 1.29 is 4.52 Å². The van der Waals surface area contributed by atoms with Gasteiger partial charge in [-0.05, 0) is 37.7 Å². The maximum Gasteiger partial charge on any atom is 0.227 e. The van der Waals surface area contributed by atoms with Gasteiger partial charge in [-0.1, -0.05) is 47.6 Å². The average Bonchev–Trinajstić information content (AvgIpc) is 3.03. The summed E-state index contributed by atoms with van der Waals surface area (Å²) in [5, 5.41) is 4.08. The number of nitrogens with zero attached hydrogens (tertiary/aromatic N) is 3. The van der Waals surface area contributed by atoms with Crippen molar-refractivity contribution in [1.82, 2.24) is 15.0 Å². The molecular weight excluding hydrogens is 336 g/mol. The van der Waals surface area contributed by atoms with Gasteiger partial charge in [-0.25, -0.2) is 0 Å². The first-order valence-corrected chi connectivity index (χ1v) is 8.02. The first kappa shape index (κ1) is 19.0. The monoisotopic (exact) mass is 358 g/mol.